The van der Waals surface area contributed by atoms with Gasteiger partial charge in [-0.3, -0.25) is 0 Å². The zero-order valence-corrected chi connectivity index (χ0v) is 23.2. The third-order valence-corrected chi connectivity index (χ3v) is 5.41. The first-order valence-electron chi connectivity index (χ1n) is 13.5. The molecule has 1 aliphatic carbocycles. The lowest BCUT2D eigenvalue weighted by atomic mass is 9.91. The van der Waals surface area contributed by atoms with Crippen molar-refractivity contribution < 1.29 is 0 Å². The topological polar surface area (TPSA) is 0 Å². The predicted octanol–water partition coefficient (Wildman–Crippen LogP) is 11.7. The number of unbranched alkanes of at least 4 members (excludes halogenated alkanes) is 1. The average Bonchev–Trinajstić information content (AvgIpc) is 2.79. The second kappa shape index (κ2) is 41.4. The normalized spacial score (nSPS) is 12.5. The fraction of sp³-hybridized carbons (Fsp3) is 1.00. The second-order valence-corrected chi connectivity index (χ2v) is 7.49. The Labute approximate surface area is 185 Å². The zero-order valence-electron chi connectivity index (χ0n) is 23.2. The Morgan fingerprint density at radius 1 is 0.643 bits per heavy atom. The Morgan fingerprint density at radius 2 is 1.04 bits per heavy atom. The van der Waals surface area contributed by atoms with E-state index in [2.05, 4.69) is 48.5 Å². The van der Waals surface area contributed by atoms with Gasteiger partial charge in [0.25, 0.3) is 0 Å². The molecule has 0 aromatic carbocycles. The van der Waals surface area contributed by atoms with Crippen molar-refractivity contribution in [3.63, 3.8) is 0 Å². The molecule has 0 amide bonds. The molecule has 0 aromatic heterocycles. The maximum absolute atomic E-state index is 2.36. The molecule has 1 fully saturated rings. The maximum atomic E-state index is 2.36. The van der Waals surface area contributed by atoms with Crippen molar-refractivity contribution in [2.75, 3.05) is 0 Å². The van der Waals surface area contributed by atoms with Crippen LogP contribution in [0, 0.1) is 17.8 Å². The van der Waals surface area contributed by atoms with Gasteiger partial charge in [0.15, 0.2) is 0 Å². The van der Waals surface area contributed by atoms with Crippen LogP contribution in [0.25, 0.3) is 0 Å². The van der Waals surface area contributed by atoms with Crippen molar-refractivity contribution in [2.45, 2.75) is 167 Å². The Bertz CT molecular complexity index is 170. The van der Waals surface area contributed by atoms with E-state index in [1.165, 1.54) is 77.0 Å². The third-order valence-electron chi connectivity index (χ3n) is 5.41. The zero-order chi connectivity index (χ0) is 23.2. The minimum Gasteiger partial charge on any atom is -0.0683 e. The lowest BCUT2D eigenvalue weighted by Crippen LogP contribution is -1.99. The fourth-order valence-electron chi connectivity index (χ4n) is 2.79. The summed E-state index contributed by atoms with van der Waals surface area (Å²) in [5, 5.41) is 0. The van der Waals surface area contributed by atoms with Gasteiger partial charge in [0, 0.05) is 0 Å². The summed E-state index contributed by atoms with van der Waals surface area (Å²) in [6.07, 6.45) is 17.1. The largest absolute Gasteiger partial charge is 0.0683 e. The van der Waals surface area contributed by atoms with E-state index in [4.69, 9.17) is 0 Å². The third kappa shape index (κ3) is 40.6. The lowest BCUT2D eigenvalue weighted by Gasteiger charge is -2.15. The van der Waals surface area contributed by atoms with Gasteiger partial charge in [-0.1, -0.05) is 167 Å². The van der Waals surface area contributed by atoms with Crippen LogP contribution < -0.4 is 0 Å². The summed E-state index contributed by atoms with van der Waals surface area (Å²) < 4.78 is 0. The first-order valence-corrected chi connectivity index (χ1v) is 13.5. The van der Waals surface area contributed by atoms with Gasteiger partial charge in [-0.2, -0.15) is 0 Å². The highest BCUT2D eigenvalue weighted by Crippen LogP contribution is 2.22. The van der Waals surface area contributed by atoms with Crippen LogP contribution in [-0.4, -0.2) is 0 Å². The molecular formula is C28H66. The molecule has 0 spiro atoms. The Hall–Kier alpha value is 0. The minimum atomic E-state index is 0.935. The second-order valence-electron chi connectivity index (χ2n) is 7.49. The maximum Gasteiger partial charge on any atom is -0.0420 e. The van der Waals surface area contributed by atoms with Crippen LogP contribution in [0.5, 0.6) is 0 Å². The van der Waals surface area contributed by atoms with Crippen LogP contribution in [0.2, 0.25) is 0 Å². The molecule has 28 heavy (non-hydrogen) atoms. The summed E-state index contributed by atoms with van der Waals surface area (Å²) >= 11 is 0. The monoisotopic (exact) mass is 403 g/mol. The van der Waals surface area contributed by atoms with E-state index in [1.54, 1.807) is 0 Å². The van der Waals surface area contributed by atoms with E-state index in [9.17, 15) is 0 Å². The molecular weight excluding hydrogens is 336 g/mol. The molecule has 0 nitrogen and oxygen atoms in total. The quantitative estimate of drug-likeness (QED) is 0.397. The van der Waals surface area contributed by atoms with E-state index in [-0.39, 0.29) is 0 Å². The summed E-state index contributed by atoms with van der Waals surface area (Å²) in [6, 6.07) is 0. The van der Waals surface area contributed by atoms with Gasteiger partial charge in [-0.15, -0.1) is 0 Å². The highest BCUT2D eigenvalue weighted by Gasteiger charge is 2.06. The molecule has 0 heterocycles. The van der Waals surface area contributed by atoms with Crippen molar-refractivity contribution in [2.24, 2.45) is 17.8 Å². The Kier molecular flexibility index (Phi) is 57.0. The highest BCUT2D eigenvalue weighted by atomic mass is 14.1. The molecule has 1 aliphatic rings. The highest BCUT2D eigenvalue weighted by molar-refractivity contribution is 4.59. The van der Waals surface area contributed by atoms with Gasteiger partial charge >= 0.3 is 0 Å². The van der Waals surface area contributed by atoms with Crippen molar-refractivity contribution in [1.29, 1.82) is 0 Å². The molecule has 0 heteroatoms. The van der Waals surface area contributed by atoms with Crippen molar-refractivity contribution >= 4 is 0 Å². The van der Waals surface area contributed by atoms with E-state index in [1.807, 2.05) is 41.5 Å². The van der Waals surface area contributed by atoms with Crippen molar-refractivity contribution in [3.05, 3.63) is 0 Å². The number of hydrogen-bond donors (Lipinski definition) is 0. The molecule has 1 saturated carbocycles. The molecule has 0 saturated heterocycles. The van der Waals surface area contributed by atoms with Crippen molar-refractivity contribution in [3.8, 4) is 0 Å². The summed E-state index contributed by atoms with van der Waals surface area (Å²) in [4.78, 5) is 0. The van der Waals surface area contributed by atoms with Crippen LogP contribution in [0.15, 0.2) is 0 Å². The van der Waals surface area contributed by atoms with Crippen LogP contribution in [0.1, 0.15) is 167 Å². The van der Waals surface area contributed by atoms with Gasteiger partial charge < -0.3 is 0 Å². The molecule has 0 atom stereocenters. The molecule has 0 aromatic rings. The average molecular weight is 403 g/mol. The summed E-state index contributed by atoms with van der Waals surface area (Å²) in [5.74, 6) is 2.98. The first-order chi connectivity index (χ1) is 13.5. The van der Waals surface area contributed by atoms with Crippen LogP contribution in [-0.2, 0) is 0 Å². The van der Waals surface area contributed by atoms with Crippen LogP contribution >= 0.6 is 0 Å². The number of hydrogen-bond acceptors (Lipinski definition) is 0. The molecule has 0 aliphatic heterocycles. The van der Waals surface area contributed by atoms with E-state index in [0.29, 0.717) is 0 Å². The summed E-state index contributed by atoms with van der Waals surface area (Å²) in [7, 11) is 0. The fourth-order valence-corrected chi connectivity index (χ4v) is 2.79. The molecule has 0 N–H and O–H groups in total. The minimum absolute atomic E-state index is 0.935. The first kappa shape index (κ1) is 38.6. The van der Waals surface area contributed by atoms with Crippen LogP contribution in [0.3, 0.4) is 0 Å². The molecule has 1 rings (SSSR count). The standard InChI is InChI=1S/C9H20.C7H14.C6H14.3C2H6/c1-4-7-8-9(5-2)6-3;1-7-5-3-2-4-6-7;1-4-6(3)5-2;3*1-2/h9H,4-8H2,1-3H3;7H,2-6H2,1H3;6H,4-5H2,1-3H3;3*1-2H3. The van der Waals surface area contributed by atoms with Gasteiger partial charge in [-0.25, -0.2) is 0 Å². The molecule has 0 bridgehead atoms. The molecule has 0 unspecified atom stereocenters. The van der Waals surface area contributed by atoms with Gasteiger partial charge in [0.05, 0.1) is 0 Å². The van der Waals surface area contributed by atoms with Gasteiger partial charge in [0.2, 0.25) is 0 Å². The Balaban J connectivity index is -0.0000000841. The van der Waals surface area contributed by atoms with Gasteiger partial charge in [0.1, 0.15) is 0 Å². The van der Waals surface area contributed by atoms with E-state index >= 15 is 0 Å². The molecule has 0 radical (unpaired) electrons. The van der Waals surface area contributed by atoms with Crippen molar-refractivity contribution in [1.82, 2.24) is 0 Å². The summed E-state index contributed by atoms with van der Waals surface area (Å²) in [6.45, 7) is 28.0. The van der Waals surface area contributed by atoms with E-state index < -0.39 is 0 Å². The summed E-state index contributed by atoms with van der Waals surface area (Å²) in [5.41, 5.74) is 0. The van der Waals surface area contributed by atoms with Crippen LogP contribution in [0.4, 0.5) is 0 Å². The smallest absolute Gasteiger partial charge is 0.0420 e. The van der Waals surface area contributed by atoms with E-state index in [0.717, 1.165) is 17.8 Å². The SMILES string of the molecule is CC.CC.CC.CC1CCCCC1.CCC(C)CC.CCCCC(CC)CC. The predicted molar refractivity (Wildman–Crippen MR) is 140 cm³/mol. The Morgan fingerprint density at radius 3 is 1.21 bits per heavy atom. The number of rotatable bonds is 7. The van der Waals surface area contributed by atoms with Gasteiger partial charge in [-0.05, 0) is 17.8 Å². The lowest BCUT2D eigenvalue weighted by molar-refractivity contribution is 0.385. The molecule has 178 valence electrons.